The molecular formula is C13H10Cl3FN2. The predicted molar refractivity (Wildman–Crippen MR) is 77.7 cm³/mol. The first kappa shape index (κ1) is 14.4. The zero-order valence-corrected chi connectivity index (χ0v) is 12.2. The number of hydrogen-bond donors (Lipinski definition) is 1. The maximum Gasteiger partial charge on any atom is 0.150 e. The Balaban J connectivity index is 2.21. The highest BCUT2D eigenvalue weighted by atomic mass is 35.5. The van der Waals surface area contributed by atoms with Crippen molar-refractivity contribution >= 4 is 40.6 Å². The van der Waals surface area contributed by atoms with E-state index in [-0.39, 0.29) is 17.0 Å². The van der Waals surface area contributed by atoms with Gasteiger partial charge in [-0.2, -0.15) is 0 Å². The molecule has 0 fully saturated rings. The fourth-order valence-corrected chi connectivity index (χ4v) is 2.14. The van der Waals surface area contributed by atoms with Gasteiger partial charge >= 0.3 is 0 Å². The lowest BCUT2D eigenvalue weighted by molar-refractivity contribution is 0.626. The van der Waals surface area contributed by atoms with Crippen molar-refractivity contribution in [2.24, 2.45) is 0 Å². The predicted octanol–water partition coefficient (Wildman–Crippen LogP) is 5.35. The fraction of sp³-hybridized carbons (Fsp3) is 0.154. The van der Waals surface area contributed by atoms with Crippen molar-refractivity contribution in [1.82, 2.24) is 4.98 Å². The van der Waals surface area contributed by atoms with Crippen molar-refractivity contribution in [3.63, 3.8) is 0 Å². The molecule has 6 heteroatoms. The van der Waals surface area contributed by atoms with Crippen LogP contribution in [-0.4, -0.2) is 4.98 Å². The van der Waals surface area contributed by atoms with E-state index >= 15 is 0 Å². The van der Waals surface area contributed by atoms with Crippen molar-refractivity contribution in [3.05, 3.63) is 56.9 Å². The molecule has 0 radical (unpaired) electrons. The number of hydrogen-bond acceptors (Lipinski definition) is 2. The summed E-state index contributed by atoms with van der Waals surface area (Å²) in [5, 5.41) is 3.96. The quantitative estimate of drug-likeness (QED) is 0.771. The molecule has 0 aliphatic carbocycles. The zero-order valence-electron chi connectivity index (χ0n) is 9.92. The summed E-state index contributed by atoms with van der Waals surface area (Å²) in [5.74, 6) is 0.162. The third-order valence-corrected chi connectivity index (χ3v) is 3.57. The van der Waals surface area contributed by atoms with Gasteiger partial charge in [0.25, 0.3) is 0 Å². The molecule has 0 amide bonds. The Morgan fingerprint density at radius 3 is 2.37 bits per heavy atom. The molecule has 100 valence electrons. The van der Waals surface area contributed by atoms with Gasteiger partial charge in [-0.05, 0) is 30.7 Å². The van der Waals surface area contributed by atoms with Crippen LogP contribution >= 0.6 is 34.8 Å². The van der Waals surface area contributed by atoms with Gasteiger partial charge < -0.3 is 5.32 Å². The molecule has 1 heterocycles. The van der Waals surface area contributed by atoms with E-state index in [1.165, 1.54) is 18.2 Å². The first-order valence-electron chi connectivity index (χ1n) is 5.51. The van der Waals surface area contributed by atoms with Gasteiger partial charge in [0.05, 0.1) is 10.0 Å². The van der Waals surface area contributed by atoms with Gasteiger partial charge in [0, 0.05) is 6.04 Å². The molecule has 2 aromatic rings. The number of benzene rings is 1. The molecule has 0 saturated carbocycles. The lowest BCUT2D eigenvalue weighted by Gasteiger charge is -2.16. The molecule has 2 rings (SSSR count). The van der Waals surface area contributed by atoms with Gasteiger partial charge in [-0.3, -0.25) is 0 Å². The molecule has 1 atom stereocenters. The average Bonchev–Trinajstić information content (AvgIpc) is 2.36. The summed E-state index contributed by atoms with van der Waals surface area (Å²) in [5.41, 5.74) is 0.908. The Labute approximate surface area is 125 Å². The second-order valence-corrected chi connectivity index (χ2v) is 5.18. The highest BCUT2D eigenvalue weighted by Crippen LogP contribution is 2.30. The van der Waals surface area contributed by atoms with Gasteiger partial charge in [0.1, 0.15) is 16.8 Å². The molecule has 19 heavy (non-hydrogen) atoms. The lowest BCUT2D eigenvalue weighted by atomic mass is 10.1. The SMILES string of the molecule is CC(Nc1nc(Cl)c(Cl)cc1Cl)c1ccc(F)cc1. The third kappa shape index (κ3) is 3.50. The van der Waals surface area contributed by atoms with Crippen LogP contribution in [-0.2, 0) is 0 Å². The summed E-state index contributed by atoms with van der Waals surface area (Å²) in [6.07, 6.45) is 0. The molecule has 0 aliphatic rings. The van der Waals surface area contributed by atoms with Crippen LogP contribution in [0.1, 0.15) is 18.5 Å². The first-order chi connectivity index (χ1) is 8.97. The van der Waals surface area contributed by atoms with Crippen LogP contribution < -0.4 is 5.32 Å². The van der Waals surface area contributed by atoms with Crippen LogP contribution in [0.5, 0.6) is 0 Å². The van der Waals surface area contributed by atoms with E-state index in [0.29, 0.717) is 15.9 Å². The number of halogens is 4. The Morgan fingerprint density at radius 1 is 1.11 bits per heavy atom. The molecule has 0 bridgehead atoms. The van der Waals surface area contributed by atoms with E-state index in [1.807, 2.05) is 6.92 Å². The van der Waals surface area contributed by atoms with Crippen molar-refractivity contribution in [2.75, 3.05) is 5.32 Å². The van der Waals surface area contributed by atoms with E-state index in [1.54, 1.807) is 12.1 Å². The highest BCUT2D eigenvalue weighted by Gasteiger charge is 2.11. The van der Waals surface area contributed by atoms with E-state index in [4.69, 9.17) is 34.8 Å². The highest BCUT2D eigenvalue weighted by molar-refractivity contribution is 6.42. The van der Waals surface area contributed by atoms with E-state index in [2.05, 4.69) is 10.3 Å². The van der Waals surface area contributed by atoms with Crippen LogP contribution in [0.25, 0.3) is 0 Å². The topological polar surface area (TPSA) is 24.9 Å². The number of anilines is 1. The maximum absolute atomic E-state index is 12.9. The van der Waals surface area contributed by atoms with Crippen LogP contribution in [0.15, 0.2) is 30.3 Å². The maximum atomic E-state index is 12.9. The average molecular weight is 320 g/mol. The second-order valence-electron chi connectivity index (χ2n) is 4.01. The Kier molecular flexibility index (Phi) is 4.50. The fourth-order valence-electron chi connectivity index (χ4n) is 1.59. The molecule has 1 aromatic carbocycles. The van der Waals surface area contributed by atoms with E-state index in [9.17, 15) is 4.39 Å². The van der Waals surface area contributed by atoms with Crippen LogP contribution in [0.4, 0.5) is 10.2 Å². The van der Waals surface area contributed by atoms with E-state index < -0.39 is 0 Å². The Morgan fingerprint density at radius 2 is 1.74 bits per heavy atom. The van der Waals surface area contributed by atoms with Crippen LogP contribution in [0.2, 0.25) is 15.2 Å². The van der Waals surface area contributed by atoms with Crippen LogP contribution in [0.3, 0.4) is 0 Å². The van der Waals surface area contributed by atoms with E-state index in [0.717, 1.165) is 5.56 Å². The Bertz CT molecular complexity index is 587. The summed E-state index contributed by atoms with van der Waals surface area (Å²) in [6, 6.07) is 7.62. The minimum atomic E-state index is -0.276. The van der Waals surface area contributed by atoms with Gasteiger partial charge in [-0.15, -0.1) is 0 Å². The smallest absolute Gasteiger partial charge is 0.150 e. The molecule has 1 N–H and O–H groups in total. The molecule has 1 aromatic heterocycles. The number of nitrogens with zero attached hydrogens (tertiary/aromatic N) is 1. The summed E-state index contributed by atoms with van der Waals surface area (Å²) in [4.78, 5) is 4.07. The normalized spacial score (nSPS) is 12.3. The van der Waals surface area contributed by atoms with Gasteiger partial charge in [-0.25, -0.2) is 9.37 Å². The van der Waals surface area contributed by atoms with Crippen molar-refractivity contribution < 1.29 is 4.39 Å². The molecule has 1 unspecified atom stereocenters. The first-order valence-corrected chi connectivity index (χ1v) is 6.64. The summed E-state index contributed by atoms with van der Waals surface area (Å²) >= 11 is 17.7. The van der Waals surface area contributed by atoms with Crippen molar-refractivity contribution in [3.8, 4) is 0 Å². The molecule has 2 nitrogen and oxygen atoms in total. The van der Waals surface area contributed by atoms with Gasteiger partial charge in [0.15, 0.2) is 0 Å². The third-order valence-electron chi connectivity index (χ3n) is 2.61. The molecule has 0 spiro atoms. The minimum absolute atomic E-state index is 0.0946. The summed E-state index contributed by atoms with van der Waals surface area (Å²) in [6.45, 7) is 1.91. The van der Waals surface area contributed by atoms with Crippen molar-refractivity contribution in [2.45, 2.75) is 13.0 Å². The van der Waals surface area contributed by atoms with Gasteiger partial charge in [-0.1, -0.05) is 46.9 Å². The largest absolute Gasteiger partial charge is 0.362 e. The van der Waals surface area contributed by atoms with Crippen molar-refractivity contribution in [1.29, 1.82) is 0 Å². The van der Waals surface area contributed by atoms with Gasteiger partial charge in [0.2, 0.25) is 0 Å². The zero-order chi connectivity index (χ0) is 14.0. The minimum Gasteiger partial charge on any atom is -0.362 e. The summed E-state index contributed by atoms with van der Waals surface area (Å²) < 4.78 is 12.9. The molecular weight excluding hydrogens is 310 g/mol. The monoisotopic (exact) mass is 318 g/mol. The number of rotatable bonds is 3. The number of aromatic nitrogens is 1. The standard InChI is InChI=1S/C13H10Cl3FN2/c1-7(8-2-4-9(17)5-3-8)18-13-11(15)6-10(14)12(16)19-13/h2-7H,1H3,(H,18,19). The molecule has 0 aliphatic heterocycles. The second kappa shape index (κ2) is 5.95. The number of pyridine rings is 1. The van der Waals surface area contributed by atoms with Crippen LogP contribution in [0, 0.1) is 5.82 Å². The number of nitrogens with one attached hydrogen (secondary N) is 1. The summed E-state index contributed by atoms with van der Waals surface area (Å²) in [7, 11) is 0. The lowest BCUT2D eigenvalue weighted by Crippen LogP contribution is -2.08. The Hall–Kier alpha value is -1.03. The molecule has 0 saturated heterocycles.